The van der Waals surface area contributed by atoms with Gasteiger partial charge in [0.1, 0.15) is 0 Å². The number of halogens is 1. The number of nitrogens with one attached hydrogen (secondary N) is 4. The molecule has 2 fully saturated rings. The molecule has 1 aromatic rings. The topological polar surface area (TPSA) is 123 Å². The number of amides is 2. The molecule has 0 bridgehead atoms. The van der Waals surface area contributed by atoms with Crippen molar-refractivity contribution in [2.45, 2.75) is 50.6 Å². The first-order chi connectivity index (χ1) is 17.5. The van der Waals surface area contributed by atoms with Crippen LogP contribution in [0.2, 0.25) is 5.02 Å². The molecular formula is C26H32ClN7O2. The normalized spacial score (nSPS) is 23.4. The van der Waals surface area contributed by atoms with E-state index in [1.54, 1.807) is 17.3 Å². The molecule has 0 aromatic carbocycles. The van der Waals surface area contributed by atoms with Crippen LogP contribution in [0.3, 0.4) is 0 Å². The Morgan fingerprint density at radius 3 is 2.67 bits per heavy atom. The van der Waals surface area contributed by atoms with Gasteiger partial charge in [-0.1, -0.05) is 24.3 Å². The predicted octanol–water partition coefficient (Wildman–Crippen LogP) is 3.43. The molecule has 36 heavy (non-hydrogen) atoms. The van der Waals surface area contributed by atoms with Crippen LogP contribution < -0.4 is 16.0 Å². The molecule has 190 valence electrons. The van der Waals surface area contributed by atoms with Gasteiger partial charge >= 0.3 is 0 Å². The molecule has 2 aliphatic heterocycles. The number of hydrogen-bond donors (Lipinski definition) is 4. The second-order valence-corrected chi connectivity index (χ2v) is 9.65. The van der Waals surface area contributed by atoms with Crippen molar-refractivity contribution in [3.05, 3.63) is 59.7 Å². The number of allylic oxidation sites excluding steroid dienone is 4. The van der Waals surface area contributed by atoms with Crippen molar-refractivity contribution in [3.8, 4) is 0 Å². The molecule has 3 heterocycles. The molecule has 1 saturated heterocycles. The Labute approximate surface area is 216 Å². The number of carbonyl (C=O) groups excluding carboxylic acids is 2. The first kappa shape index (κ1) is 25.6. The van der Waals surface area contributed by atoms with Gasteiger partial charge in [0.2, 0.25) is 17.8 Å². The molecule has 2 amide bonds. The Balaban J connectivity index is 1.36. The molecule has 4 rings (SSSR count). The first-order valence-electron chi connectivity index (χ1n) is 12.3. The molecule has 1 aromatic heterocycles. The third-order valence-electron chi connectivity index (χ3n) is 6.85. The van der Waals surface area contributed by atoms with Gasteiger partial charge in [-0.25, -0.2) is 9.97 Å². The monoisotopic (exact) mass is 509 g/mol. The largest absolute Gasteiger partial charge is 0.361 e. The average molecular weight is 510 g/mol. The van der Waals surface area contributed by atoms with E-state index in [4.69, 9.17) is 17.0 Å². The number of aromatic nitrogens is 2. The quantitative estimate of drug-likeness (QED) is 0.330. The zero-order valence-electron chi connectivity index (χ0n) is 20.2. The minimum Gasteiger partial charge on any atom is -0.361 e. The van der Waals surface area contributed by atoms with Crippen molar-refractivity contribution in [2.24, 2.45) is 5.92 Å². The van der Waals surface area contributed by atoms with E-state index in [-0.39, 0.29) is 29.8 Å². The SMILES string of the molecule is C=CC(=O)N1CCC(C(=O)N[C@H]2CCC[C@@H](Nc3ncc(Cl)c(/C(C=N)=C4\C=CC=CN4)n3)C2)CC1. The summed E-state index contributed by atoms with van der Waals surface area (Å²) in [6.45, 7) is 4.71. The van der Waals surface area contributed by atoms with Crippen molar-refractivity contribution in [3.63, 3.8) is 0 Å². The summed E-state index contributed by atoms with van der Waals surface area (Å²) >= 11 is 6.39. The van der Waals surface area contributed by atoms with Crippen LogP contribution in [-0.2, 0) is 9.59 Å². The molecule has 4 N–H and O–H groups in total. The van der Waals surface area contributed by atoms with Crippen LogP contribution in [0, 0.1) is 11.3 Å². The van der Waals surface area contributed by atoms with E-state index in [1.165, 1.54) is 12.3 Å². The molecule has 1 aliphatic carbocycles. The highest BCUT2D eigenvalue weighted by molar-refractivity contribution is 6.33. The van der Waals surface area contributed by atoms with Crippen LogP contribution >= 0.6 is 11.6 Å². The van der Waals surface area contributed by atoms with Gasteiger partial charge in [0.25, 0.3) is 0 Å². The fourth-order valence-electron chi connectivity index (χ4n) is 4.90. The van der Waals surface area contributed by atoms with Crippen LogP contribution in [0.5, 0.6) is 0 Å². The Morgan fingerprint density at radius 1 is 1.19 bits per heavy atom. The summed E-state index contributed by atoms with van der Waals surface area (Å²) in [6, 6.07) is 0.183. The third-order valence-corrected chi connectivity index (χ3v) is 7.13. The van der Waals surface area contributed by atoms with Crippen molar-refractivity contribution in [2.75, 3.05) is 18.4 Å². The van der Waals surface area contributed by atoms with Crippen molar-refractivity contribution < 1.29 is 9.59 Å². The predicted molar refractivity (Wildman–Crippen MR) is 141 cm³/mol. The molecule has 0 spiro atoms. The van der Waals surface area contributed by atoms with Crippen LogP contribution in [0.25, 0.3) is 5.57 Å². The lowest BCUT2D eigenvalue weighted by Gasteiger charge is -2.34. The molecule has 0 radical (unpaired) electrons. The van der Waals surface area contributed by atoms with Gasteiger partial charge < -0.3 is 26.3 Å². The van der Waals surface area contributed by atoms with Gasteiger partial charge in [0.15, 0.2) is 0 Å². The number of carbonyl (C=O) groups is 2. The summed E-state index contributed by atoms with van der Waals surface area (Å²) in [6.07, 6.45) is 16.5. The minimum atomic E-state index is -0.0742. The molecular weight excluding hydrogens is 478 g/mol. The fourth-order valence-corrected chi connectivity index (χ4v) is 5.10. The zero-order chi connectivity index (χ0) is 25.5. The lowest BCUT2D eigenvalue weighted by molar-refractivity contribution is -0.132. The van der Waals surface area contributed by atoms with E-state index in [0.29, 0.717) is 48.2 Å². The number of anilines is 1. The maximum absolute atomic E-state index is 12.9. The van der Waals surface area contributed by atoms with Gasteiger partial charge in [-0.3, -0.25) is 9.59 Å². The molecule has 2 atom stereocenters. The third kappa shape index (κ3) is 6.20. The molecule has 3 aliphatic rings. The smallest absolute Gasteiger partial charge is 0.245 e. The van der Waals surface area contributed by atoms with Crippen LogP contribution in [0.4, 0.5) is 5.95 Å². The number of nitrogens with zero attached hydrogens (tertiary/aromatic N) is 3. The van der Waals surface area contributed by atoms with Crippen LogP contribution in [-0.4, -0.2) is 58.1 Å². The highest BCUT2D eigenvalue weighted by atomic mass is 35.5. The van der Waals surface area contributed by atoms with Gasteiger partial charge in [-0.05, 0) is 56.8 Å². The molecule has 10 heteroatoms. The van der Waals surface area contributed by atoms with E-state index >= 15 is 0 Å². The standard InChI is InChI=1S/C26H32ClN7O2/c1-2-23(35)34-12-9-17(10-13-34)25(36)31-18-6-5-7-19(14-18)32-26-30-16-21(27)24(33-26)20(15-28)22-8-3-4-11-29-22/h2-4,8,11,15-19,28-29H,1,5-7,9-10,12-14H2,(H,31,36)(H,30,32,33)/b22-20+,28-15?/t18-,19+/m0/s1. The Kier molecular flexibility index (Phi) is 8.53. The van der Waals surface area contributed by atoms with Gasteiger partial charge in [-0.2, -0.15) is 0 Å². The maximum Gasteiger partial charge on any atom is 0.245 e. The van der Waals surface area contributed by atoms with E-state index in [2.05, 4.69) is 32.5 Å². The Hall–Kier alpha value is -3.46. The van der Waals surface area contributed by atoms with Gasteiger partial charge in [0, 0.05) is 54.8 Å². The highest BCUT2D eigenvalue weighted by Crippen LogP contribution is 2.27. The lowest BCUT2D eigenvalue weighted by atomic mass is 9.89. The average Bonchev–Trinajstić information content (AvgIpc) is 2.91. The number of rotatable bonds is 7. The molecule has 9 nitrogen and oxygen atoms in total. The fraction of sp³-hybridized carbons (Fsp3) is 0.423. The summed E-state index contributed by atoms with van der Waals surface area (Å²) in [5.74, 6) is 0.371. The maximum atomic E-state index is 12.9. The molecule has 1 saturated carbocycles. The number of dihydropyridines is 1. The van der Waals surface area contributed by atoms with Crippen LogP contribution in [0.1, 0.15) is 44.2 Å². The van der Waals surface area contributed by atoms with Crippen molar-refractivity contribution in [1.82, 2.24) is 25.5 Å². The highest BCUT2D eigenvalue weighted by Gasteiger charge is 2.30. The van der Waals surface area contributed by atoms with E-state index < -0.39 is 0 Å². The van der Waals surface area contributed by atoms with Crippen molar-refractivity contribution in [1.29, 1.82) is 5.41 Å². The summed E-state index contributed by atoms with van der Waals surface area (Å²) in [4.78, 5) is 35.4. The summed E-state index contributed by atoms with van der Waals surface area (Å²) in [5, 5.41) is 18.0. The number of likely N-dealkylation sites (tertiary alicyclic amines) is 1. The van der Waals surface area contributed by atoms with Crippen molar-refractivity contribution >= 4 is 41.2 Å². The zero-order valence-corrected chi connectivity index (χ0v) is 20.9. The minimum absolute atomic E-state index is 0.0701. The van der Waals surface area contributed by atoms with E-state index in [1.807, 2.05) is 18.2 Å². The number of hydrogen-bond acceptors (Lipinski definition) is 7. The second kappa shape index (κ2) is 12.0. The van der Waals surface area contributed by atoms with E-state index in [9.17, 15) is 9.59 Å². The summed E-state index contributed by atoms with van der Waals surface area (Å²) in [7, 11) is 0. The van der Waals surface area contributed by atoms with E-state index in [0.717, 1.165) is 31.4 Å². The van der Waals surface area contributed by atoms with Gasteiger partial charge in [-0.15, -0.1) is 0 Å². The lowest BCUT2D eigenvalue weighted by Crippen LogP contribution is -2.47. The number of piperidine rings is 1. The summed E-state index contributed by atoms with van der Waals surface area (Å²) < 4.78 is 0. The van der Waals surface area contributed by atoms with Crippen LogP contribution in [0.15, 0.2) is 49.0 Å². The molecule has 0 unspecified atom stereocenters. The summed E-state index contributed by atoms with van der Waals surface area (Å²) in [5.41, 5.74) is 1.79. The second-order valence-electron chi connectivity index (χ2n) is 9.24. The van der Waals surface area contributed by atoms with Gasteiger partial charge in [0.05, 0.1) is 16.9 Å². The Bertz CT molecular complexity index is 1110. The Morgan fingerprint density at radius 2 is 1.97 bits per heavy atom. The first-order valence-corrected chi connectivity index (χ1v) is 12.7.